The highest BCUT2D eigenvalue weighted by atomic mass is 19.4. The van der Waals surface area contributed by atoms with Crippen LogP contribution in [0.2, 0.25) is 0 Å². The highest BCUT2D eigenvalue weighted by Crippen LogP contribution is 2.32. The van der Waals surface area contributed by atoms with Crippen LogP contribution in [0, 0.1) is 11.3 Å². The lowest BCUT2D eigenvalue weighted by atomic mass is 10.1. The Balaban J connectivity index is 1.37. The van der Waals surface area contributed by atoms with E-state index in [1.807, 2.05) is 25.1 Å². The number of halogens is 3. The van der Waals surface area contributed by atoms with Gasteiger partial charge in [-0.1, -0.05) is 29.4 Å². The molecule has 1 aromatic heterocycles. The first kappa shape index (κ1) is 22.0. The van der Waals surface area contributed by atoms with Crippen molar-refractivity contribution in [2.45, 2.75) is 25.7 Å². The zero-order valence-electron chi connectivity index (χ0n) is 17.5. The van der Waals surface area contributed by atoms with Crippen LogP contribution in [-0.4, -0.2) is 46.1 Å². The minimum Gasteiger partial charge on any atom is -0.337 e. The number of nitriles is 1. The summed E-state index contributed by atoms with van der Waals surface area (Å²) in [5, 5.41) is 13.0. The fraction of sp³-hybridized carbons (Fsp3) is 0.348. The maximum absolute atomic E-state index is 13.0. The Bertz CT molecular complexity index is 1110. The molecule has 32 heavy (non-hydrogen) atoms. The summed E-state index contributed by atoms with van der Waals surface area (Å²) in [5.74, 6) is 0.529. The Hall–Kier alpha value is -3.22. The highest BCUT2D eigenvalue weighted by molar-refractivity contribution is 5.55. The van der Waals surface area contributed by atoms with Gasteiger partial charge in [0.05, 0.1) is 23.2 Å². The fourth-order valence-corrected chi connectivity index (χ4v) is 3.82. The molecule has 0 saturated carbocycles. The third-order valence-corrected chi connectivity index (χ3v) is 5.66. The van der Waals surface area contributed by atoms with Gasteiger partial charge in [-0.2, -0.15) is 23.4 Å². The van der Waals surface area contributed by atoms with E-state index in [9.17, 15) is 13.2 Å². The standard InChI is InChI=1S/C23H22F3N5O/c1-16(22-28-21(29-32-22)19-6-3-7-20(13-19)23(24,25)26)31-10-8-30(9-11-31)15-18-5-2-4-17(12-18)14-27/h2-7,12-13,16H,8-11,15H2,1H3. The van der Waals surface area contributed by atoms with Crippen LogP contribution in [0.3, 0.4) is 0 Å². The van der Waals surface area contributed by atoms with Gasteiger partial charge >= 0.3 is 6.18 Å². The number of piperazine rings is 1. The van der Waals surface area contributed by atoms with Crippen LogP contribution in [0.25, 0.3) is 11.4 Å². The molecule has 166 valence electrons. The van der Waals surface area contributed by atoms with Crippen LogP contribution in [-0.2, 0) is 12.7 Å². The van der Waals surface area contributed by atoms with E-state index in [1.165, 1.54) is 12.1 Å². The second-order valence-electron chi connectivity index (χ2n) is 7.84. The van der Waals surface area contributed by atoms with Crippen LogP contribution in [0.1, 0.15) is 35.5 Å². The number of nitrogens with zero attached hydrogens (tertiary/aromatic N) is 5. The lowest BCUT2D eigenvalue weighted by molar-refractivity contribution is -0.137. The summed E-state index contributed by atoms with van der Waals surface area (Å²) in [6.45, 7) is 6.00. The summed E-state index contributed by atoms with van der Waals surface area (Å²) in [5.41, 5.74) is 1.29. The maximum Gasteiger partial charge on any atom is 0.416 e. The molecule has 6 nitrogen and oxygen atoms in total. The molecule has 0 spiro atoms. The summed E-state index contributed by atoms with van der Waals surface area (Å²) < 4.78 is 44.3. The average Bonchev–Trinajstić information content (AvgIpc) is 3.29. The van der Waals surface area contributed by atoms with E-state index in [-0.39, 0.29) is 17.4 Å². The molecule has 0 amide bonds. The van der Waals surface area contributed by atoms with Crippen molar-refractivity contribution in [1.29, 1.82) is 5.26 Å². The van der Waals surface area contributed by atoms with Gasteiger partial charge in [-0.3, -0.25) is 9.80 Å². The largest absolute Gasteiger partial charge is 0.416 e. The molecule has 1 unspecified atom stereocenters. The van der Waals surface area contributed by atoms with E-state index in [1.54, 1.807) is 6.07 Å². The second kappa shape index (κ2) is 9.10. The first-order valence-corrected chi connectivity index (χ1v) is 10.3. The van der Waals surface area contributed by atoms with Gasteiger partial charge in [0, 0.05) is 38.3 Å². The molecule has 1 atom stereocenters. The van der Waals surface area contributed by atoms with Gasteiger partial charge in [-0.05, 0) is 36.8 Å². The summed E-state index contributed by atoms with van der Waals surface area (Å²) in [4.78, 5) is 8.89. The van der Waals surface area contributed by atoms with E-state index in [0.717, 1.165) is 50.4 Å². The molecule has 1 aliphatic heterocycles. The number of hydrogen-bond acceptors (Lipinski definition) is 6. The normalized spacial score (nSPS) is 16.6. The molecular formula is C23H22F3N5O. The van der Waals surface area contributed by atoms with Gasteiger partial charge in [-0.15, -0.1) is 0 Å². The van der Waals surface area contributed by atoms with Gasteiger partial charge in [0.25, 0.3) is 0 Å². The maximum atomic E-state index is 13.0. The lowest BCUT2D eigenvalue weighted by Gasteiger charge is -2.36. The molecule has 2 heterocycles. The van der Waals surface area contributed by atoms with Crippen molar-refractivity contribution in [3.63, 3.8) is 0 Å². The van der Waals surface area contributed by atoms with E-state index < -0.39 is 11.7 Å². The zero-order chi connectivity index (χ0) is 22.7. The van der Waals surface area contributed by atoms with E-state index in [2.05, 4.69) is 26.0 Å². The molecule has 9 heteroatoms. The van der Waals surface area contributed by atoms with Crippen molar-refractivity contribution in [3.05, 3.63) is 71.1 Å². The van der Waals surface area contributed by atoms with E-state index in [0.29, 0.717) is 11.5 Å². The number of hydrogen-bond donors (Lipinski definition) is 0. The van der Waals surface area contributed by atoms with Crippen LogP contribution < -0.4 is 0 Å². The summed E-state index contributed by atoms with van der Waals surface area (Å²) in [7, 11) is 0. The minimum absolute atomic E-state index is 0.147. The van der Waals surface area contributed by atoms with Crippen molar-refractivity contribution in [1.82, 2.24) is 19.9 Å². The van der Waals surface area contributed by atoms with Gasteiger partial charge in [-0.25, -0.2) is 0 Å². The Morgan fingerprint density at radius 3 is 2.56 bits per heavy atom. The first-order valence-electron chi connectivity index (χ1n) is 10.3. The van der Waals surface area contributed by atoms with Gasteiger partial charge in [0.2, 0.25) is 11.7 Å². The predicted molar refractivity (Wildman–Crippen MR) is 111 cm³/mol. The molecule has 0 bridgehead atoms. The summed E-state index contributed by atoms with van der Waals surface area (Å²) in [6.07, 6.45) is -4.43. The minimum atomic E-state index is -4.43. The Kier molecular flexibility index (Phi) is 6.26. The molecule has 4 rings (SSSR count). The van der Waals surface area contributed by atoms with Gasteiger partial charge in [0.1, 0.15) is 0 Å². The smallest absolute Gasteiger partial charge is 0.337 e. The molecular weight excluding hydrogens is 419 g/mol. The SMILES string of the molecule is CC(c1nc(-c2cccc(C(F)(F)F)c2)no1)N1CCN(Cc2cccc(C#N)c2)CC1. The lowest BCUT2D eigenvalue weighted by Crippen LogP contribution is -2.46. The van der Waals surface area contributed by atoms with Crippen molar-refractivity contribution >= 4 is 0 Å². The van der Waals surface area contributed by atoms with Gasteiger partial charge < -0.3 is 4.52 Å². The monoisotopic (exact) mass is 441 g/mol. The molecule has 1 fully saturated rings. The molecule has 1 aliphatic rings. The third-order valence-electron chi connectivity index (χ3n) is 5.66. The topological polar surface area (TPSA) is 69.2 Å². The van der Waals surface area contributed by atoms with Crippen LogP contribution in [0.4, 0.5) is 13.2 Å². The van der Waals surface area contributed by atoms with Crippen LogP contribution in [0.15, 0.2) is 53.1 Å². The number of rotatable bonds is 5. The number of aromatic nitrogens is 2. The molecule has 2 aromatic carbocycles. The van der Waals surface area contributed by atoms with Crippen molar-refractivity contribution in [2.75, 3.05) is 26.2 Å². The number of benzene rings is 2. The van der Waals surface area contributed by atoms with Crippen molar-refractivity contribution in [2.24, 2.45) is 0 Å². The van der Waals surface area contributed by atoms with Crippen molar-refractivity contribution < 1.29 is 17.7 Å². The van der Waals surface area contributed by atoms with Gasteiger partial charge in [0.15, 0.2) is 0 Å². The van der Waals surface area contributed by atoms with E-state index in [4.69, 9.17) is 9.78 Å². The van der Waals surface area contributed by atoms with Crippen LogP contribution >= 0.6 is 0 Å². The first-order chi connectivity index (χ1) is 15.3. The molecule has 3 aromatic rings. The van der Waals surface area contributed by atoms with Crippen molar-refractivity contribution in [3.8, 4) is 17.5 Å². The zero-order valence-corrected chi connectivity index (χ0v) is 17.5. The summed E-state index contributed by atoms with van der Waals surface area (Å²) in [6, 6.07) is 14.5. The Labute approximate surface area is 183 Å². The second-order valence-corrected chi connectivity index (χ2v) is 7.84. The predicted octanol–water partition coefficient (Wildman–Crippen LogP) is 4.51. The Morgan fingerprint density at radius 1 is 1.09 bits per heavy atom. The average molecular weight is 441 g/mol. The molecule has 0 radical (unpaired) electrons. The molecule has 0 N–H and O–H groups in total. The van der Waals surface area contributed by atoms with Crippen LogP contribution in [0.5, 0.6) is 0 Å². The Morgan fingerprint density at radius 2 is 1.84 bits per heavy atom. The van der Waals surface area contributed by atoms with E-state index >= 15 is 0 Å². The quantitative estimate of drug-likeness (QED) is 0.581. The third kappa shape index (κ3) is 4.98. The summed E-state index contributed by atoms with van der Waals surface area (Å²) >= 11 is 0. The number of alkyl halides is 3. The fourth-order valence-electron chi connectivity index (χ4n) is 3.82. The highest BCUT2D eigenvalue weighted by Gasteiger charge is 2.31. The molecule has 0 aliphatic carbocycles. The molecule has 1 saturated heterocycles.